The van der Waals surface area contributed by atoms with Gasteiger partial charge in [0, 0.05) is 32.9 Å². The van der Waals surface area contributed by atoms with Gasteiger partial charge in [-0.25, -0.2) is 0 Å². The van der Waals surface area contributed by atoms with Crippen LogP contribution in [0.15, 0.2) is 72.6 Å². The van der Waals surface area contributed by atoms with Crippen molar-refractivity contribution in [2.75, 3.05) is 0 Å². The molecule has 0 saturated carbocycles. The van der Waals surface area contributed by atoms with E-state index >= 15 is 0 Å². The molecule has 0 aromatic heterocycles. The summed E-state index contributed by atoms with van der Waals surface area (Å²) in [5.74, 6) is -0.899. The zero-order valence-electron chi connectivity index (χ0n) is 21.2. The van der Waals surface area contributed by atoms with Crippen molar-refractivity contribution >= 4 is 45.6 Å². The summed E-state index contributed by atoms with van der Waals surface area (Å²) in [4.78, 5) is 22.8. The lowest BCUT2D eigenvalue weighted by atomic mass is 9.90. The Morgan fingerprint density at radius 1 is 1.00 bits per heavy atom. The summed E-state index contributed by atoms with van der Waals surface area (Å²) in [6.45, 7) is 3.02. The molecule has 1 aliphatic heterocycles. The summed E-state index contributed by atoms with van der Waals surface area (Å²) in [6, 6.07) is 12.3. The van der Waals surface area contributed by atoms with Crippen LogP contribution in [0.2, 0.25) is 10.0 Å². The highest BCUT2D eigenvalue weighted by molar-refractivity contribution is 6.34. The van der Waals surface area contributed by atoms with Crippen LogP contribution >= 0.6 is 23.2 Å². The van der Waals surface area contributed by atoms with E-state index in [0.717, 1.165) is 18.2 Å². The molecule has 3 N–H and O–H groups in total. The van der Waals surface area contributed by atoms with Gasteiger partial charge in [-0.1, -0.05) is 53.5 Å². The maximum absolute atomic E-state index is 14.4. The first-order valence-corrected chi connectivity index (χ1v) is 12.6. The normalized spacial score (nSPS) is 17.9. The molecule has 0 radical (unpaired) electrons. The number of alkyl halides is 6. The van der Waals surface area contributed by atoms with Crippen molar-refractivity contribution in [2.45, 2.75) is 37.9 Å². The monoisotopic (exact) mass is 619 g/mol. The van der Waals surface area contributed by atoms with E-state index in [2.05, 4.69) is 10.8 Å². The van der Waals surface area contributed by atoms with E-state index in [9.17, 15) is 31.1 Å². The van der Waals surface area contributed by atoms with Crippen molar-refractivity contribution in [3.63, 3.8) is 0 Å². The second-order valence-electron chi connectivity index (χ2n) is 9.16. The van der Waals surface area contributed by atoms with Gasteiger partial charge in [0.15, 0.2) is 5.70 Å². The van der Waals surface area contributed by atoms with Crippen molar-refractivity contribution in [2.24, 2.45) is 0 Å². The summed E-state index contributed by atoms with van der Waals surface area (Å²) in [6.07, 6.45) is -9.12. The van der Waals surface area contributed by atoms with E-state index in [1.807, 2.05) is 0 Å². The fourth-order valence-corrected chi connectivity index (χ4v) is 4.57. The molecule has 14 heteroatoms. The van der Waals surface area contributed by atoms with E-state index in [-0.39, 0.29) is 37.8 Å². The smallest absolute Gasteiger partial charge is 0.326 e. The zero-order valence-corrected chi connectivity index (χ0v) is 22.7. The zero-order chi connectivity index (χ0) is 30.2. The Hall–Kier alpha value is -3.45. The summed E-state index contributed by atoms with van der Waals surface area (Å²) in [5.41, 5.74) is -0.435. The molecule has 1 unspecified atom stereocenters. The van der Waals surface area contributed by atoms with Crippen molar-refractivity contribution in [1.82, 2.24) is 16.3 Å². The number of halogens is 8. The molecule has 0 aliphatic carbocycles. The SMILES string of the molecule is CC(C)ONC(=CNC(=O)c1ccc(C2=CC(c3cc(Cl)cc(Cl)c3)(C(F)(F)F)ON2)c2ccccc12)C(F)(F)F. The molecular weight excluding hydrogens is 599 g/mol. The standard InChI is InChI=1S/C27H21Cl2F6N3O3/c1-14(2)40-38-23(26(30,31)32)13-36-24(39)21-8-7-20(18-5-3-4-6-19(18)21)22-12-25(41-37-22,27(33,34)35)15-9-16(28)11-17(29)10-15/h3-14,37-38H,1-2H3,(H,36,39). The van der Waals surface area contributed by atoms with Gasteiger partial charge in [-0.3, -0.25) is 25.4 Å². The Labute approximate surface area is 239 Å². The molecule has 3 aromatic carbocycles. The highest BCUT2D eigenvalue weighted by Crippen LogP contribution is 2.48. The third-order valence-electron chi connectivity index (χ3n) is 5.90. The Morgan fingerprint density at radius 2 is 1.63 bits per heavy atom. The van der Waals surface area contributed by atoms with Crippen molar-refractivity contribution in [3.05, 3.63) is 99.3 Å². The third-order valence-corrected chi connectivity index (χ3v) is 6.34. The second kappa shape index (κ2) is 11.4. The van der Waals surface area contributed by atoms with E-state index in [1.54, 1.807) is 23.7 Å². The van der Waals surface area contributed by atoms with Crippen LogP contribution in [0.5, 0.6) is 0 Å². The molecule has 218 valence electrons. The van der Waals surface area contributed by atoms with Crippen LogP contribution in [0, 0.1) is 0 Å². The number of amides is 1. The van der Waals surface area contributed by atoms with Crippen LogP contribution in [-0.4, -0.2) is 24.4 Å². The average molecular weight is 620 g/mol. The molecule has 4 rings (SSSR count). The van der Waals surface area contributed by atoms with Crippen LogP contribution in [0.3, 0.4) is 0 Å². The number of rotatable bonds is 7. The second-order valence-corrected chi connectivity index (χ2v) is 10.0. The van der Waals surface area contributed by atoms with Gasteiger partial charge in [0.25, 0.3) is 5.91 Å². The lowest BCUT2D eigenvalue weighted by Gasteiger charge is -2.28. The van der Waals surface area contributed by atoms with Crippen LogP contribution in [0.4, 0.5) is 26.3 Å². The maximum Gasteiger partial charge on any atom is 0.434 e. The lowest BCUT2D eigenvalue weighted by molar-refractivity contribution is -0.269. The number of hydroxylamine groups is 2. The minimum absolute atomic E-state index is 0.0314. The first kappa shape index (κ1) is 30.5. The van der Waals surface area contributed by atoms with Gasteiger partial charge in [-0.05, 0) is 55.0 Å². The number of benzene rings is 3. The van der Waals surface area contributed by atoms with Gasteiger partial charge in [0.05, 0.1) is 11.8 Å². The molecule has 3 aromatic rings. The molecule has 0 bridgehead atoms. The minimum Gasteiger partial charge on any atom is -0.326 e. The van der Waals surface area contributed by atoms with E-state index in [4.69, 9.17) is 32.9 Å². The molecule has 1 aliphatic rings. The predicted molar refractivity (Wildman–Crippen MR) is 141 cm³/mol. The third kappa shape index (κ3) is 6.40. The molecule has 0 fully saturated rings. The number of hydrogen-bond donors (Lipinski definition) is 3. The molecule has 1 atom stereocenters. The first-order valence-electron chi connectivity index (χ1n) is 11.8. The number of hydrogen-bond acceptors (Lipinski definition) is 5. The van der Waals surface area contributed by atoms with Gasteiger partial charge in [-0.15, -0.1) is 0 Å². The van der Waals surface area contributed by atoms with Crippen LogP contribution < -0.4 is 16.3 Å². The van der Waals surface area contributed by atoms with Gasteiger partial charge in [0.1, 0.15) is 0 Å². The van der Waals surface area contributed by atoms with E-state index in [1.165, 1.54) is 38.1 Å². The van der Waals surface area contributed by atoms with Crippen molar-refractivity contribution < 1.29 is 40.8 Å². The number of allylic oxidation sites excluding steroid dienone is 1. The number of carbonyl (C=O) groups excluding carboxylic acids is 1. The van der Waals surface area contributed by atoms with Crippen molar-refractivity contribution in [3.8, 4) is 0 Å². The van der Waals surface area contributed by atoms with E-state index in [0.29, 0.717) is 11.6 Å². The summed E-state index contributed by atoms with van der Waals surface area (Å²) >= 11 is 11.9. The molecule has 0 spiro atoms. The van der Waals surface area contributed by atoms with E-state index < -0.39 is 35.7 Å². The Bertz CT molecular complexity index is 1520. The van der Waals surface area contributed by atoms with Gasteiger partial charge in [-0.2, -0.15) is 26.3 Å². The molecule has 1 heterocycles. The topological polar surface area (TPSA) is 71.6 Å². The summed E-state index contributed by atoms with van der Waals surface area (Å²) in [5, 5.41) is 2.60. The highest BCUT2D eigenvalue weighted by atomic mass is 35.5. The van der Waals surface area contributed by atoms with Gasteiger partial charge < -0.3 is 5.32 Å². The molecule has 1 amide bonds. The first-order chi connectivity index (χ1) is 19.1. The maximum atomic E-state index is 14.4. The Morgan fingerprint density at radius 3 is 2.22 bits per heavy atom. The highest BCUT2D eigenvalue weighted by Gasteiger charge is 2.59. The molecule has 41 heavy (non-hydrogen) atoms. The Balaban J connectivity index is 1.74. The molecule has 6 nitrogen and oxygen atoms in total. The molecular formula is C27H21Cl2F6N3O3. The minimum atomic E-state index is -4.94. The van der Waals surface area contributed by atoms with Gasteiger partial charge in [0.2, 0.25) is 5.60 Å². The van der Waals surface area contributed by atoms with Crippen LogP contribution in [0.25, 0.3) is 16.5 Å². The fourth-order valence-electron chi connectivity index (χ4n) is 4.04. The lowest BCUT2D eigenvalue weighted by Crippen LogP contribution is -2.42. The summed E-state index contributed by atoms with van der Waals surface area (Å²) < 4.78 is 83.3. The number of carbonyl (C=O) groups is 1. The average Bonchev–Trinajstić information content (AvgIpc) is 3.33. The van der Waals surface area contributed by atoms with Crippen LogP contribution in [-0.2, 0) is 15.3 Å². The number of fused-ring (bicyclic) bond motifs is 1. The molecule has 0 saturated heterocycles. The predicted octanol–water partition coefficient (Wildman–Crippen LogP) is 7.54. The quantitative estimate of drug-likeness (QED) is 0.188. The van der Waals surface area contributed by atoms with Crippen LogP contribution in [0.1, 0.15) is 35.3 Å². The fraction of sp³-hybridized carbons (Fsp3) is 0.222. The van der Waals surface area contributed by atoms with Crippen molar-refractivity contribution in [1.29, 1.82) is 0 Å². The number of nitrogens with one attached hydrogen (secondary N) is 3. The Kier molecular flexibility index (Phi) is 8.51. The summed E-state index contributed by atoms with van der Waals surface area (Å²) in [7, 11) is 0. The largest absolute Gasteiger partial charge is 0.434 e. The van der Waals surface area contributed by atoms with Gasteiger partial charge >= 0.3 is 12.4 Å².